The number of morpholine rings is 1. The van der Waals surface area contributed by atoms with E-state index >= 15 is 0 Å². The molecule has 1 N–H and O–H groups in total. The Bertz CT molecular complexity index is 967. The number of amides is 1. The summed E-state index contributed by atoms with van der Waals surface area (Å²) in [6.45, 7) is 4.58. The van der Waals surface area contributed by atoms with Crippen LogP contribution < -0.4 is 10.1 Å². The normalized spacial score (nSPS) is 14.9. The van der Waals surface area contributed by atoms with Crippen molar-refractivity contribution < 1.29 is 14.3 Å². The van der Waals surface area contributed by atoms with Gasteiger partial charge in [-0.05, 0) is 12.1 Å². The van der Waals surface area contributed by atoms with Crippen molar-refractivity contribution in [1.82, 2.24) is 30.0 Å². The Morgan fingerprint density at radius 2 is 2.07 bits per heavy atom. The molecule has 3 heterocycles. The molecule has 9 heteroatoms. The van der Waals surface area contributed by atoms with Crippen molar-refractivity contribution in [2.45, 2.75) is 0 Å². The van der Waals surface area contributed by atoms with Gasteiger partial charge in [0, 0.05) is 37.3 Å². The maximum Gasteiger partial charge on any atom is 0.271 e. The number of aromatic nitrogens is 4. The fraction of sp³-hybridized carbons (Fsp3) is 0.368. The summed E-state index contributed by atoms with van der Waals surface area (Å²) in [6, 6.07) is 9.32. The SMILES string of the molecule is COc1ccccc1-c1cc(C(=O)NCCN2CCOCC2)nn2cnnc12. The summed E-state index contributed by atoms with van der Waals surface area (Å²) < 4.78 is 12.3. The first-order valence-electron chi connectivity index (χ1n) is 9.19. The van der Waals surface area contributed by atoms with Gasteiger partial charge in [-0.15, -0.1) is 10.2 Å². The Hall–Kier alpha value is -3.04. The lowest BCUT2D eigenvalue weighted by Crippen LogP contribution is -2.41. The minimum atomic E-state index is -0.236. The van der Waals surface area contributed by atoms with Crippen molar-refractivity contribution >= 4 is 11.6 Å². The van der Waals surface area contributed by atoms with Crippen LogP contribution in [-0.2, 0) is 4.74 Å². The molecule has 0 bridgehead atoms. The molecule has 1 fully saturated rings. The van der Waals surface area contributed by atoms with Crippen molar-refractivity contribution in [1.29, 1.82) is 0 Å². The number of rotatable bonds is 6. The highest BCUT2D eigenvalue weighted by Crippen LogP contribution is 2.32. The molecule has 0 radical (unpaired) electrons. The van der Waals surface area contributed by atoms with E-state index in [2.05, 4.69) is 25.5 Å². The molecule has 0 atom stereocenters. The number of benzene rings is 1. The molecule has 2 aromatic heterocycles. The first-order chi connectivity index (χ1) is 13.8. The summed E-state index contributed by atoms with van der Waals surface area (Å²) in [4.78, 5) is 15.0. The molecule has 0 spiro atoms. The highest BCUT2D eigenvalue weighted by molar-refractivity contribution is 5.95. The predicted octanol–water partition coefficient (Wildman–Crippen LogP) is 0.862. The van der Waals surface area contributed by atoms with E-state index in [1.54, 1.807) is 13.2 Å². The lowest BCUT2D eigenvalue weighted by Gasteiger charge is -2.26. The quantitative estimate of drug-likeness (QED) is 0.676. The minimum absolute atomic E-state index is 0.236. The predicted molar refractivity (Wildman–Crippen MR) is 102 cm³/mol. The van der Waals surface area contributed by atoms with Crippen LogP contribution in [0.1, 0.15) is 10.5 Å². The second kappa shape index (κ2) is 8.32. The van der Waals surface area contributed by atoms with Gasteiger partial charge >= 0.3 is 0 Å². The molecule has 9 nitrogen and oxygen atoms in total. The van der Waals surface area contributed by atoms with Crippen molar-refractivity contribution in [3.8, 4) is 16.9 Å². The number of hydrogen-bond acceptors (Lipinski definition) is 7. The molecule has 1 aliphatic rings. The Morgan fingerprint density at radius 3 is 2.89 bits per heavy atom. The average Bonchev–Trinajstić information content (AvgIpc) is 3.22. The van der Waals surface area contributed by atoms with Gasteiger partial charge in [0.2, 0.25) is 0 Å². The minimum Gasteiger partial charge on any atom is -0.496 e. The zero-order valence-corrected chi connectivity index (χ0v) is 15.7. The van der Waals surface area contributed by atoms with Crippen LogP contribution >= 0.6 is 0 Å². The van der Waals surface area contributed by atoms with Crippen LogP contribution in [0.2, 0.25) is 0 Å². The molecule has 28 heavy (non-hydrogen) atoms. The van der Waals surface area contributed by atoms with E-state index in [-0.39, 0.29) is 5.91 Å². The van der Waals surface area contributed by atoms with Gasteiger partial charge in [-0.25, -0.2) is 0 Å². The first kappa shape index (κ1) is 18.3. The number of nitrogens with zero attached hydrogens (tertiary/aromatic N) is 5. The largest absolute Gasteiger partial charge is 0.496 e. The third-order valence-corrected chi connectivity index (χ3v) is 4.71. The van der Waals surface area contributed by atoms with Crippen LogP contribution in [0.5, 0.6) is 5.75 Å². The number of ether oxygens (including phenoxy) is 2. The topological polar surface area (TPSA) is 93.9 Å². The maximum absolute atomic E-state index is 12.7. The Labute approximate surface area is 162 Å². The van der Waals surface area contributed by atoms with Gasteiger partial charge in [-0.1, -0.05) is 18.2 Å². The summed E-state index contributed by atoms with van der Waals surface area (Å²) in [5.41, 5.74) is 2.43. The number of para-hydroxylation sites is 1. The van der Waals surface area contributed by atoms with Gasteiger partial charge in [0.1, 0.15) is 17.8 Å². The van der Waals surface area contributed by atoms with Gasteiger partial charge in [-0.2, -0.15) is 9.61 Å². The smallest absolute Gasteiger partial charge is 0.271 e. The number of methoxy groups -OCH3 is 1. The van der Waals surface area contributed by atoms with Gasteiger partial charge in [0.25, 0.3) is 5.91 Å². The van der Waals surface area contributed by atoms with E-state index < -0.39 is 0 Å². The number of nitrogens with one attached hydrogen (secondary N) is 1. The number of fused-ring (bicyclic) bond motifs is 1. The van der Waals surface area contributed by atoms with Crippen molar-refractivity contribution in [3.05, 3.63) is 42.4 Å². The second-order valence-electron chi connectivity index (χ2n) is 6.45. The van der Waals surface area contributed by atoms with Crippen molar-refractivity contribution in [2.75, 3.05) is 46.5 Å². The molecular weight excluding hydrogens is 360 g/mol. The Kier molecular flexibility index (Phi) is 5.45. The first-order valence-corrected chi connectivity index (χ1v) is 9.19. The fourth-order valence-electron chi connectivity index (χ4n) is 3.25. The zero-order valence-electron chi connectivity index (χ0n) is 15.7. The average molecular weight is 382 g/mol. The molecule has 1 aliphatic heterocycles. The van der Waals surface area contributed by atoms with Crippen LogP contribution in [0.15, 0.2) is 36.7 Å². The summed E-state index contributed by atoms with van der Waals surface area (Å²) in [6.07, 6.45) is 1.48. The van der Waals surface area contributed by atoms with Crippen LogP contribution in [0.3, 0.4) is 0 Å². The maximum atomic E-state index is 12.7. The summed E-state index contributed by atoms with van der Waals surface area (Å²) in [5.74, 6) is 0.456. The number of carbonyl (C=O) groups is 1. The van der Waals surface area contributed by atoms with E-state index in [0.29, 0.717) is 23.6 Å². The van der Waals surface area contributed by atoms with Crippen LogP contribution in [-0.4, -0.2) is 77.1 Å². The van der Waals surface area contributed by atoms with Crippen LogP contribution in [0.4, 0.5) is 0 Å². The van der Waals surface area contributed by atoms with Crippen LogP contribution in [0, 0.1) is 0 Å². The molecule has 0 aliphatic carbocycles. The molecule has 146 valence electrons. The third kappa shape index (κ3) is 3.80. The van der Waals surface area contributed by atoms with Gasteiger partial charge < -0.3 is 14.8 Å². The molecular formula is C19H22N6O3. The third-order valence-electron chi connectivity index (χ3n) is 4.71. The van der Waals surface area contributed by atoms with Crippen molar-refractivity contribution in [2.24, 2.45) is 0 Å². The van der Waals surface area contributed by atoms with E-state index in [1.165, 1.54) is 10.8 Å². The van der Waals surface area contributed by atoms with E-state index in [0.717, 1.165) is 44.0 Å². The molecule has 3 aromatic rings. The van der Waals surface area contributed by atoms with Gasteiger partial charge in [0.15, 0.2) is 5.65 Å². The van der Waals surface area contributed by atoms with Crippen molar-refractivity contribution in [3.63, 3.8) is 0 Å². The van der Waals surface area contributed by atoms with E-state index in [9.17, 15) is 4.79 Å². The monoisotopic (exact) mass is 382 g/mol. The summed E-state index contributed by atoms with van der Waals surface area (Å²) >= 11 is 0. The van der Waals surface area contributed by atoms with E-state index in [1.807, 2.05) is 24.3 Å². The second-order valence-corrected chi connectivity index (χ2v) is 6.45. The molecule has 1 amide bonds. The summed E-state index contributed by atoms with van der Waals surface area (Å²) in [5, 5.41) is 15.4. The molecule has 0 saturated carbocycles. The molecule has 1 aromatic carbocycles. The number of hydrogen-bond donors (Lipinski definition) is 1. The Balaban J connectivity index is 1.57. The standard InChI is InChI=1S/C19H22N6O3/c1-27-17-5-3-2-4-14(17)15-12-16(23-25-13-21-22-18(15)25)19(26)20-6-7-24-8-10-28-11-9-24/h2-5,12-13H,6-11H2,1H3,(H,20,26). The molecule has 4 rings (SSSR count). The molecule has 1 saturated heterocycles. The van der Waals surface area contributed by atoms with Crippen LogP contribution in [0.25, 0.3) is 16.8 Å². The van der Waals surface area contributed by atoms with Gasteiger partial charge in [0.05, 0.1) is 20.3 Å². The summed E-state index contributed by atoms with van der Waals surface area (Å²) in [7, 11) is 1.61. The van der Waals surface area contributed by atoms with Gasteiger partial charge in [-0.3, -0.25) is 9.69 Å². The lowest BCUT2D eigenvalue weighted by molar-refractivity contribution is 0.0383. The lowest BCUT2D eigenvalue weighted by atomic mass is 10.1. The highest BCUT2D eigenvalue weighted by Gasteiger charge is 2.17. The van der Waals surface area contributed by atoms with E-state index in [4.69, 9.17) is 9.47 Å². The molecule has 0 unspecified atom stereocenters. The number of carbonyl (C=O) groups excluding carboxylic acids is 1. The highest BCUT2D eigenvalue weighted by atomic mass is 16.5. The fourth-order valence-corrected chi connectivity index (χ4v) is 3.25. The Morgan fingerprint density at radius 1 is 1.25 bits per heavy atom. The zero-order chi connectivity index (χ0) is 19.3.